The number of alkyl halides is 3. The highest BCUT2D eigenvalue weighted by Gasteiger charge is 2.30. The highest BCUT2D eigenvalue weighted by Crippen LogP contribution is 2.28. The van der Waals surface area contributed by atoms with E-state index in [0.717, 1.165) is 25.4 Å². The molecule has 0 aliphatic rings. The first-order chi connectivity index (χ1) is 8.39. The molecule has 102 valence electrons. The van der Waals surface area contributed by atoms with Gasteiger partial charge in [-0.1, -0.05) is 13.8 Å². The third-order valence-electron chi connectivity index (χ3n) is 2.31. The molecule has 0 saturated heterocycles. The lowest BCUT2D eigenvalue weighted by Crippen LogP contribution is -2.31. The molecule has 3 nitrogen and oxygen atoms in total. The molecule has 0 unspecified atom stereocenters. The van der Waals surface area contributed by atoms with E-state index in [1.165, 1.54) is 6.07 Å². The van der Waals surface area contributed by atoms with E-state index in [9.17, 15) is 13.2 Å². The van der Waals surface area contributed by atoms with Crippen LogP contribution in [0.2, 0.25) is 0 Å². The zero-order valence-electron chi connectivity index (χ0n) is 10.5. The Hall–Kier alpha value is -1.14. The summed E-state index contributed by atoms with van der Waals surface area (Å²) in [5, 5.41) is 6.34. The van der Waals surface area contributed by atoms with Gasteiger partial charge < -0.3 is 10.6 Å². The first kappa shape index (κ1) is 14.9. The Balaban J connectivity index is 2.31. The zero-order chi connectivity index (χ0) is 13.6. The highest BCUT2D eigenvalue weighted by molar-refractivity contribution is 5.16. The van der Waals surface area contributed by atoms with Gasteiger partial charge in [0.15, 0.2) is 0 Å². The van der Waals surface area contributed by atoms with Gasteiger partial charge in [-0.2, -0.15) is 13.2 Å². The number of hydrogen-bond donors (Lipinski definition) is 2. The molecule has 0 spiro atoms. The van der Waals surface area contributed by atoms with Gasteiger partial charge in [0.05, 0.1) is 11.3 Å². The normalized spacial score (nSPS) is 12.1. The minimum Gasteiger partial charge on any atom is -0.313 e. The van der Waals surface area contributed by atoms with Crippen molar-refractivity contribution in [2.24, 2.45) is 0 Å². The molecule has 0 bridgehead atoms. The molecule has 0 atom stereocenters. The van der Waals surface area contributed by atoms with Gasteiger partial charge in [-0.15, -0.1) is 0 Å². The van der Waals surface area contributed by atoms with Crippen molar-refractivity contribution in [3.05, 3.63) is 29.6 Å². The number of pyridine rings is 1. The van der Waals surface area contributed by atoms with E-state index in [2.05, 4.69) is 29.5 Å². The third-order valence-corrected chi connectivity index (χ3v) is 2.31. The Bertz CT molecular complexity index is 347. The minimum atomic E-state index is -4.32. The summed E-state index contributed by atoms with van der Waals surface area (Å²) in [6, 6.07) is 2.87. The van der Waals surface area contributed by atoms with Gasteiger partial charge in [-0.3, -0.25) is 4.98 Å². The van der Waals surface area contributed by atoms with Crippen molar-refractivity contribution in [1.29, 1.82) is 0 Å². The zero-order valence-corrected chi connectivity index (χ0v) is 10.5. The maximum absolute atomic E-state index is 12.3. The van der Waals surface area contributed by atoms with Crippen molar-refractivity contribution >= 4 is 0 Å². The lowest BCUT2D eigenvalue weighted by molar-refractivity contribution is -0.137. The van der Waals surface area contributed by atoms with Crippen LogP contribution in [0, 0.1) is 0 Å². The van der Waals surface area contributed by atoms with Gasteiger partial charge in [0.1, 0.15) is 0 Å². The maximum atomic E-state index is 12.3. The van der Waals surface area contributed by atoms with Gasteiger partial charge in [0.25, 0.3) is 0 Å². The molecule has 1 aromatic rings. The van der Waals surface area contributed by atoms with Crippen molar-refractivity contribution in [2.75, 3.05) is 13.1 Å². The number of nitrogens with zero attached hydrogens (tertiary/aromatic N) is 1. The fourth-order valence-electron chi connectivity index (χ4n) is 1.36. The Morgan fingerprint density at radius 2 is 1.94 bits per heavy atom. The van der Waals surface area contributed by atoms with Crippen LogP contribution in [0.5, 0.6) is 0 Å². The van der Waals surface area contributed by atoms with Crippen LogP contribution >= 0.6 is 0 Å². The molecule has 0 fully saturated rings. The van der Waals surface area contributed by atoms with Gasteiger partial charge in [-0.05, 0) is 12.1 Å². The second-order valence-corrected chi connectivity index (χ2v) is 4.32. The number of nitrogens with one attached hydrogen (secondary N) is 2. The standard InChI is InChI=1S/C12H18F3N3/c1-9(2)17-6-5-16-8-11-4-3-10(7-18-11)12(13,14)15/h3-4,7,9,16-17H,5-6,8H2,1-2H3. The molecule has 1 rings (SSSR count). The molecular formula is C12H18F3N3. The van der Waals surface area contributed by atoms with Crippen LogP contribution in [0.25, 0.3) is 0 Å². The summed E-state index contributed by atoms with van der Waals surface area (Å²) in [6.45, 7) is 6.14. The molecule has 1 heterocycles. The van der Waals surface area contributed by atoms with Crippen LogP contribution in [-0.4, -0.2) is 24.1 Å². The van der Waals surface area contributed by atoms with Crippen molar-refractivity contribution in [1.82, 2.24) is 15.6 Å². The Morgan fingerprint density at radius 3 is 2.44 bits per heavy atom. The second-order valence-electron chi connectivity index (χ2n) is 4.32. The van der Waals surface area contributed by atoms with E-state index in [1.807, 2.05) is 0 Å². The number of rotatable bonds is 6. The molecule has 0 aliphatic carbocycles. The van der Waals surface area contributed by atoms with Crippen LogP contribution < -0.4 is 10.6 Å². The summed E-state index contributed by atoms with van der Waals surface area (Å²) in [7, 11) is 0. The molecule has 0 saturated carbocycles. The van der Waals surface area contributed by atoms with Gasteiger partial charge in [0, 0.05) is 31.9 Å². The molecule has 0 aromatic carbocycles. The lowest BCUT2D eigenvalue weighted by Gasteiger charge is -2.09. The average Bonchev–Trinajstić information content (AvgIpc) is 2.27. The molecule has 1 aromatic heterocycles. The summed E-state index contributed by atoms with van der Waals surface area (Å²) in [4.78, 5) is 3.77. The first-order valence-corrected chi connectivity index (χ1v) is 5.86. The van der Waals surface area contributed by atoms with Crippen LogP contribution in [-0.2, 0) is 12.7 Å². The SMILES string of the molecule is CC(C)NCCNCc1ccc(C(F)(F)F)cn1. The first-order valence-electron chi connectivity index (χ1n) is 5.86. The Morgan fingerprint density at radius 1 is 1.22 bits per heavy atom. The van der Waals surface area contributed by atoms with Crippen LogP contribution in [0.3, 0.4) is 0 Å². The summed E-state index contributed by atoms with van der Waals surface area (Å²) < 4.78 is 36.9. The monoisotopic (exact) mass is 261 g/mol. The molecule has 0 aliphatic heterocycles. The highest BCUT2D eigenvalue weighted by atomic mass is 19.4. The van der Waals surface area contributed by atoms with Crippen molar-refractivity contribution in [3.63, 3.8) is 0 Å². The van der Waals surface area contributed by atoms with Crippen molar-refractivity contribution in [3.8, 4) is 0 Å². The van der Waals surface area contributed by atoms with E-state index >= 15 is 0 Å². The predicted octanol–water partition coefficient (Wildman–Crippen LogP) is 2.19. The summed E-state index contributed by atoms with van der Waals surface area (Å²) in [6.07, 6.45) is -3.45. The topological polar surface area (TPSA) is 37.0 Å². The van der Waals surface area contributed by atoms with Gasteiger partial charge in [-0.25, -0.2) is 0 Å². The van der Waals surface area contributed by atoms with E-state index in [4.69, 9.17) is 0 Å². The molecule has 0 amide bonds. The Labute approximate surface area is 105 Å². The number of aromatic nitrogens is 1. The predicted molar refractivity (Wildman–Crippen MR) is 64.1 cm³/mol. The summed E-state index contributed by atoms with van der Waals surface area (Å²) in [5.41, 5.74) is -0.111. The largest absolute Gasteiger partial charge is 0.417 e. The minimum absolute atomic E-state index is 0.427. The quantitative estimate of drug-likeness (QED) is 0.771. The fourth-order valence-corrected chi connectivity index (χ4v) is 1.36. The van der Waals surface area contributed by atoms with E-state index in [-0.39, 0.29) is 0 Å². The van der Waals surface area contributed by atoms with E-state index < -0.39 is 11.7 Å². The van der Waals surface area contributed by atoms with E-state index in [0.29, 0.717) is 18.3 Å². The molecule has 2 N–H and O–H groups in total. The third kappa shape index (κ3) is 5.46. The average molecular weight is 261 g/mol. The number of hydrogen-bond acceptors (Lipinski definition) is 3. The molecule has 0 radical (unpaired) electrons. The van der Waals surface area contributed by atoms with E-state index in [1.54, 1.807) is 0 Å². The van der Waals surface area contributed by atoms with Crippen LogP contribution in [0.1, 0.15) is 25.1 Å². The molecular weight excluding hydrogens is 243 g/mol. The Kier molecular flexibility index (Phi) is 5.55. The molecule has 18 heavy (non-hydrogen) atoms. The van der Waals surface area contributed by atoms with Gasteiger partial charge >= 0.3 is 6.18 Å². The van der Waals surface area contributed by atoms with Gasteiger partial charge in [0.2, 0.25) is 0 Å². The van der Waals surface area contributed by atoms with Crippen molar-refractivity contribution < 1.29 is 13.2 Å². The van der Waals surface area contributed by atoms with Crippen LogP contribution in [0.15, 0.2) is 18.3 Å². The second kappa shape index (κ2) is 6.70. The smallest absolute Gasteiger partial charge is 0.313 e. The summed E-state index contributed by atoms with van der Waals surface area (Å²) >= 11 is 0. The summed E-state index contributed by atoms with van der Waals surface area (Å²) in [5.74, 6) is 0. The van der Waals surface area contributed by atoms with Crippen LogP contribution in [0.4, 0.5) is 13.2 Å². The van der Waals surface area contributed by atoms with Crippen molar-refractivity contribution in [2.45, 2.75) is 32.6 Å². The maximum Gasteiger partial charge on any atom is 0.417 e. The fraction of sp³-hybridized carbons (Fsp3) is 0.583. The lowest BCUT2D eigenvalue weighted by atomic mass is 10.2. The molecule has 6 heteroatoms. The number of halogens is 3.